The highest BCUT2D eigenvalue weighted by molar-refractivity contribution is 5.97. The van der Waals surface area contributed by atoms with Gasteiger partial charge in [-0.05, 0) is 60.7 Å². The smallest absolute Gasteiger partial charge is 0.167 e. The van der Waals surface area contributed by atoms with E-state index in [2.05, 4.69) is 29.3 Å². The molecular weight excluding hydrogens is 384 g/mol. The molecule has 0 saturated carbocycles. The van der Waals surface area contributed by atoms with Crippen molar-refractivity contribution in [2.24, 2.45) is 10.2 Å². The van der Waals surface area contributed by atoms with Crippen LogP contribution in [0.15, 0.2) is 83.0 Å². The number of nitrogens with zero attached hydrogens (tertiary/aromatic N) is 2. The van der Waals surface area contributed by atoms with E-state index in [4.69, 9.17) is 0 Å². The van der Waals surface area contributed by atoms with Gasteiger partial charge in [0.1, 0.15) is 5.78 Å². The quantitative estimate of drug-likeness (QED) is 0.266. The number of carbonyl (C=O) groups is 2. The van der Waals surface area contributed by atoms with Crippen molar-refractivity contribution in [3.8, 4) is 0 Å². The fraction of sp³-hybridized carbons (Fsp3) is 0.259. The summed E-state index contributed by atoms with van der Waals surface area (Å²) in [6, 6.07) is 23.0. The van der Waals surface area contributed by atoms with Gasteiger partial charge >= 0.3 is 0 Å². The number of unbranched alkanes of at least 4 members (excludes halogenated alkanes) is 1. The average Bonchev–Trinajstić information content (AvgIpc) is 2.78. The molecule has 158 valence electrons. The molecule has 0 saturated heterocycles. The van der Waals surface area contributed by atoms with E-state index in [1.165, 1.54) is 18.4 Å². The molecule has 4 heteroatoms. The first-order valence-electron chi connectivity index (χ1n) is 10.7. The van der Waals surface area contributed by atoms with Crippen LogP contribution in [0.4, 0.5) is 11.4 Å². The van der Waals surface area contributed by atoms with Gasteiger partial charge in [0.15, 0.2) is 5.78 Å². The second-order valence-corrected chi connectivity index (χ2v) is 7.81. The predicted molar refractivity (Wildman–Crippen MR) is 125 cm³/mol. The van der Waals surface area contributed by atoms with Gasteiger partial charge in [-0.15, -0.1) is 0 Å². The second kappa shape index (κ2) is 11.1. The van der Waals surface area contributed by atoms with E-state index >= 15 is 0 Å². The van der Waals surface area contributed by atoms with Crippen LogP contribution in [0.5, 0.6) is 0 Å². The summed E-state index contributed by atoms with van der Waals surface area (Å²) in [5.41, 5.74) is 5.40. The van der Waals surface area contributed by atoms with Crippen LogP contribution in [0.2, 0.25) is 0 Å². The number of carbonyl (C=O) groups excluding carboxylic acids is 2. The Morgan fingerprint density at radius 1 is 0.677 bits per heavy atom. The van der Waals surface area contributed by atoms with E-state index in [1.54, 1.807) is 6.92 Å². The van der Waals surface area contributed by atoms with Crippen LogP contribution >= 0.6 is 0 Å². The van der Waals surface area contributed by atoms with Gasteiger partial charge in [-0.25, -0.2) is 0 Å². The number of benzene rings is 3. The SMILES string of the molecule is CCCCc1ccc(C(=O)Cc2ccc(N=Nc3ccc(CC(C)=O)cc3)cc2)cc1. The zero-order chi connectivity index (χ0) is 22.1. The summed E-state index contributed by atoms with van der Waals surface area (Å²) in [7, 11) is 0. The van der Waals surface area contributed by atoms with Crippen molar-refractivity contribution in [3.05, 3.63) is 95.1 Å². The van der Waals surface area contributed by atoms with Crippen molar-refractivity contribution in [1.29, 1.82) is 0 Å². The molecule has 0 unspecified atom stereocenters. The molecule has 0 N–H and O–H groups in total. The number of azo groups is 1. The van der Waals surface area contributed by atoms with Gasteiger partial charge < -0.3 is 0 Å². The lowest BCUT2D eigenvalue weighted by atomic mass is 10.0. The molecule has 0 aliphatic carbocycles. The van der Waals surface area contributed by atoms with Crippen LogP contribution in [0.25, 0.3) is 0 Å². The van der Waals surface area contributed by atoms with Gasteiger partial charge in [0.2, 0.25) is 0 Å². The van der Waals surface area contributed by atoms with E-state index in [9.17, 15) is 9.59 Å². The summed E-state index contributed by atoms with van der Waals surface area (Å²) in [5, 5.41) is 8.49. The van der Waals surface area contributed by atoms with Crippen LogP contribution in [-0.2, 0) is 24.1 Å². The van der Waals surface area contributed by atoms with Gasteiger partial charge in [0, 0.05) is 18.4 Å². The Hall–Kier alpha value is -3.40. The van der Waals surface area contributed by atoms with Crippen LogP contribution in [0.3, 0.4) is 0 Å². The Balaban J connectivity index is 1.56. The Bertz CT molecular complexity index is 1030. The van der Waals surface area contributed by atoms with E-state index in [1.807, 2.05) is 60.7 Å². The third-order valence-corrected chi connectivity index (χ3v) is 5.07. The molecule has 0 heterocycles. The highest BCUT2D eigenvalue weighted by Crippen LogP contribution is 2.20. The Kier molecular flexibility index (Phi) is 7.99. The van der Waals surface area contributed by atoms with Crippen molar-refractivity contribution >= 4 is 22.9 Å². The normalized spacial score (nSPS) is 11.0. The van der Waals surface area contributed by atoms with Gasteiger partial charge in [0.25, 0.3) is 0 Å². The number of rotatable bonds is 10. The maximum Gasteiger partial charge on any atom is 0.167 e. The van der Waals surface area contributed by atoms with Crippen molar-refractivity contribution in [3.63, 3.8) is 0 Å². The third-order valence-electron chi connectivity index (χ3n) is 5.07. The summed E-state index contributed by atoms with van der Waals surface area (Å²) in [6.07, 6.45) is 4.19. The van der Waals surface area contributed by atoms with Gasteiger partial charge in [-0.3, -0.25) is 9.59 Å². The van der Waals surface area contributed by atoms with Crippen LogP contribution in [0.1, 0.15) is 53.7 Å². The maximum atomic E-state index is 12.6. The van der Waals surface area contributed by atoms with E-state index in [0.717, 1.165) is 34.5 Å². The number of Topliss-reactive ketones (excluding diaryl/α,β-unsaturated/α-hetero) is 2. The highest BCUT2D eigenvalue weighted by atomic mass is 16.1. The van der Waals surface area contributed by atoms with Crippen LogP contribution in [-0.4, -0.2) is 11.6 Å². The minimum atomic E-state index is 0.113. The number of hydrogen-bond donors (Lipinski definition) is 0. The summed E-state index contributed by atoms with van der Waals surface area (Å²) in [6.45, 7) is 3.76. The number of ketones is 2. The molecule has 0 fully saturated rings. The van der Waals surface area contributed by atoms with E-state index in [-0.39, 0.29) is 11.6 Å². The largest absolute Gasteiger partial charge is 0.300 e. The zero-order valence-corrected chi connectivity index (χ0v) is 18.2. The summed E-state index contributed by atoms with van der Waals surface area (Å²) in [5.74, 6) is 0.249. The molecule has 0 aromatic heterocycles. The first-order chi connectivity index (χ1) is 15.0. The van der Waals surface area contributed by atoms with Crippen LogP contribution in [0, 0.1) is 0 Å². The molecule has 0 atom stereocenters. The van der Waals surface area contributed by atoms with Gasteiger partial charge in [-0.1, -0.05) is 61.9 Å². The zero-order valence-electron chi connectivity index (χ0n) is 18.2. The van der Waals surface area contributed by atoms with E-state index < -0.39 is 0 Å². The monoisotopic (exact) mass is 412 g/mol. The van der Waals surface area contributed by atoms with Crippen molar-refractivity contribution < 1.29 is 9.59 Å². The summed E-state index contributed by atoms with van der Waals surface area (Å²) >= 11 is 0. The lowest BCUT2D eigenvalue weighted by Crippen LogP contribution is -2.03. The van der Waals surface area contributed by atoms with Crippen molar-refractivity contribution in [1.82, 2.24) is 0 Å². The lowest BCUT2D eigenvalue weighted by molar-refractivity contribution is -0.116. The molecule has 0 amide bonds. The minimum Gasteiger partial charge on any atom is -0.300 e. The first kappa shape index (κ1) is 22.3. The lowest BCUT2D eigenvalue weighted by Gasteiger charge is -2.04. The van der Waals surface area contributed by atoms with Crippen molar-refractivity contribution in [2.45, 2.75) is 46.0 Å². The van der Waals surface area contributed by atoms with Gasteiger partial charge in [0.05, 0.1) is 11.4 Å². The topological polar surface area (TPSA) is 58.9 Å². The highest BCUT2D eigenvalue weighted by Gasteiger charge is 2.07. The maximum absolute atomic E-state index is 12.6. The number of aryl methyl sites for hydroxylation is 1. The Morgan fingerprint density at radius 2 is 1.16 bits per heavy atom. The molecule has 31 heavy (non-hydrogen) atoms. The molecule has 0 aliphatic heterocycles. The second-order valence-electron chi connectivity index (χ2n) is 7.81. The van der Waals surface area contributed by atoms with E-state index in [0.29, 0.717) is 12.8 Å². The Labute approximate surface area is 184 Å². The molecule has 3 aromatic carbocycles. The average molecular weight is 413 g/mol. The summed E-state index contributed by atoms with van der Waals surface area (Å²) < 4.78 is 0. The molecule has 3 rings (SSSR count). The fourth-order valence-corrected chi connectivity index (χ4v) is 3.29. The number of hydrogen-bond acceptors (Lipinski definition) is 4. The van der Waals surface area contributed by atoms with Gasteiger partial charge in [-0.2, -0.15) is 10.2 Å². The molecule has 0 radical (unpaired) electrons. The molecule has 4 nitrogen and oxygen atoms in total. The molecule has 3 aromatic rings. The molecule has 0 aliphatic rings. The standard InChI is InChI=1S/C27H28N2O2/c1-3-4-5-21-6-12-24(13-7-21)27(31)19-23-10-16-26(17-11-23)29-28-25-14-8-22(9-15-25)18-20(2)30/h6-17H,3-5,18-19H2,1-2H3. The first-order valence-corrected chi connectivity index (χ1v) is 10.7. The minimum absolute atomic E-state index is 0.113. The molecule has 0 spiro atoms. The molecular formula is C27H28N2O2. The third kappa shape index (κ3) is 7.10. The van der Waals surface area contributed by atoms with Crippen molar-refractivity contribution in [2.75, 3.05) is 0 Å². The Morgan fingerprint density at radius 3 is 1.65 bits per heavy atom. The fourth-order valence-electron chi connectivity index (χ4n) is 3.29. The van der Waals surface area contributed by atoms with Crippen LogP contribution < -0.4 is 0 Å². The molecule has 0 bridgehead atoms. The summed E-state index contributed by atoms with van der Waals surface area (Å²) in [4.78, 5) is 23.7. The predicted octanol–water partition coefficient (Wildman–Crippen LogP) is 7.00.